The maximum Gasteiger partial charge on any atom is 0.323 e. The quantitative estimate of drug-likeness (QED) is 0.719. The third-order valence-corrected chi connectivity index (χ3v) is 4.76. The van der Waals surface area contributed by atoms with Crippen LogP contribution in [0.25, 0.3) is 11.3 Å². The number of hydrogen-bond acceptors (Lipinski definition) is 5. The number of aryl methyl sites for hydroxylation is 1. The van der Waals surface area contributed by atoms with Gasteiger partial charge in [-0.25, -0.2) is 19.2 Å². The molecule has 8 heteroatoms. The summed E-state index contributed by atoms with van der Waals surface area (Å²) < 4.78 is 18.7. The van der Waals surface area contributed by atoms with Gasteiger partial charge in [-0.1, -0.05) is 0 Å². The summed E-state index contributed by atoms with van der Waals surface area (Å²) in [4.78, 5) is 23.0. The number of likely N-dealkylation sites (tertiary alicyclic amines) is 1. The highest BCUT2D eigenvalue weighted by molar-refractivity contribution is 5.92. The number of aromatic nitrogens is 2. The van der Waals surface area contributed by atoms with E-state index in [1.165, 1.54) is 12.1 Å². The largest absolute Gasteiger partial charge is 0.446 e. The number of benzene rings is 1. The molecule has 3 aromatic rings. The Bertz CT molecular complexity index is 1000. The number of pyridine rings is 1. The van der Waals surface area contributed by atoms with Crippen molar-refractivity contribution in [3.8, 4) is 11.3 Å². The van der Waals surface area contributed by atoms with Crippen molar-refractivity contribution in [1.29, 1.82) is 0 Å². The van der Waals surface area contributed by atoms with Crippen LogP contribution in [0.2, 0.25) is 0 Å². The predicted octanol–water partition coefficient (Wildman–Crippen LogP) is 3.79. The lowest BCUT2D eigenvalue weighted by atomic mass is 10.1. The Morgan fingerprint density at radius 2 is 2.07 bits per heavy atom. The van der Waals surface area contributed by atoms with Crippen LogP contribution in [0.15, 0.2) is 47.0 Å². The van der Waals surface area contributed by atoms with Gasteiger partial charge in [0, 0.05) is 18.7 Å². The molecule has 1 saturated heterocycles. The second kappa shape index (κ2) is 7.30. The molecule has 0 bridgehead atoms. The van der Waals surface area contributed by atoms with E-state index < -0.39 is 0 Å². The molecule has 4 rings (SSSR count). The van der Waals surface area contributed by atoms with Crippen molar-refractivity contribution in [2.75, 3.05) is 24.1 Å². The van der Waals surface area contributed by atoms with Crippen LogP contribution in [0.1, 0.15) is 24.0 Å². The number of anilines is 2. The molecule has 1 fully saturated rings. The first-order valence-electron chi connectivity index (χ1n) is 9.00. The van der Waals surface area contributed by atoms with Crippen LogP contribution >= 0.6 is 0 Å². The standard InChI is InChI=1S/C20H20FN5O2/c1-12-10-23-19(28-12)14-8-9-26(11-14)20(27)25-18-16(22)6-7-17(24-18)13-2-4-15(21)5-3-13/h2-7,10,14H,8-9,11,22H2,1H3,(H,24,25,27). The predicted molar refractivity (Wildman–Crippen MR) is 103 cm³/mol. The Labute approximate surface area is 161 Å². The molecular weight excluding hydrogens is 361 g/mol. The summed E-state index contributed by atoms with van der Waals surface area (Å²) >= 11 is 0. The van der Waals surface area contributed by atoms with Gasteiger partial charge in [-0.05, 0) is 49.7 Å². The van der Waals surface area contributed by atoms with Crippen molar-refractivity contribution in [2.24, 2.45) is 0 Å². The van der Waals surface area contributed by atoms with Gasteiger partial charge in [0.2, 0.25) is 0 Å². The minimum atomic E-state index is -0.322. The second-order valence-electron chi connectivity index (χ2n) is 6.81. The smallest absolute Gasteiger partial charge is 0.323 e. The lowest BCUT2D eigenvalue weighted by Crippen LogP contribution is -2.33. The molecule has 1 aromatic carbocycles. The van der Waals surface area contributed by atoms with E-state index in [-0.39, 0.29) is 23.6 Å². The van der Waals surface area contributed by atoms with E-state index in [1.807, 2.05) is 6.92 Å². The van der Waals surface area contributed by atoms with Crippen molar-refractivity contribution < 1.29 is 13.6 Å². The van der Waals surface area contributed by atoms with E-state index in [9.17, 15) is 9.18 Å². The van der Waals surface area contributed by atoms with Gasteiger partial charge in [-0.2, -0.15) is 0 Å². The number of rotatable bonds is 3. The summed E-state index contributed by atoms with van der Waals surface area (Å²) in [7, 11) is 0. The Kier molecular flexibility index (Phi) is 4.68. The third kappa shape index (κ3) is 3.66. The monoisotopic (exact) mass is 381 g/mol. The lowest BCUT2D eigenvalue weighted by molar-refractivity contribution is 0.221. The number of carbonyl (C=O) groups is 1. The van der Waals surface area contributed by atoms with E-state index in [4.69, 9.17) is 10.2 Å². The molecule has 1 aliphatic heterocycles. The molecule has 7 nitrogen and oxygen atoms in total. The van der Waals surface area contributed by atoms with Crippen molar-refractivity contribution in [2.45, 2.75) is 19.3 Å². The number of nitrogens with one attached hydrogen (secondary N) is 1. The highest BCUT2D eigenvalue weighted by Crippen LogP contribution is 2.28. The molecule has 2 amide bonds. The van der Waals surface area contributed by atoms with E-state index in [0.717, 1.165) is 17.7 Å². The van der Waals surface area contributed by atoms with Gasteiger partial charge in [0.15, 0.2) is 11.7 Å². The molecule has 1 atom stereocenters. The highest BCUT2D eigenvalue weighted by Gasteiger charge is 2.30. The van der Waals surface area contributed by atoms with Crippen LogP contribution in [0.3, 0.4) is 0 Å². The van der Waals surface area contributed by atoms with Gasteiger partial charge in [0.05, 0.1) is 23.5 Å². The number of nitrogens with two attached hydrogens (primary N) is 1. The Morgan fingerprint density at radius 3 is 2.79 bits per heavy atom. The summed E-state index contributed by atoms with van der Waals surface area (Å²) in [6, 6.07) is 9.10. The Hall–Kier alpha value is -3.42. The molecule has 0 radical (unpaired) electrons. The summed E-state index contributed by atoms with van der Waals surface area (Å²) in [6.07, 6.45) is 2.47. The number of nitrogen functional groups attached to an aromatic ring is 1. The van der Waals surface area contributed by atoms with Gasteiger partial charge in [-0.3, -0.25) is 5.32 Å². The molecule has 3 N–H and O–H groups in total. The lowest BCUT2D eigenvalue weighted by Gasteiger charge is -2.17. The summed E-state index contributed by atoms with van der Waals surface area (Å²) in [5.74, 6) is 1.45. The van der Waals surface area contributed by atoms with E-state index in [1.54, 1.807) is 35.4 Å². The Morgan fingerprint density at radius 1 is 1.29 bits per heavy atom. The fourth-order valence-electron chi connectivity index (χ4n) is 3.24. The van der Waals surface area contributed by atoms with Crippen molar-refractivity contribution >= 4 is 17.5 Å². The van der Waals surface area contributed by atoms with Gasteiger partial charge in [0.25, 0.3) is 0 Å². The topological polar surface area (TPSA) is 97.3 Å². The third-order valence-electron chi connectivity index (χ3n) is 4.76. The average molecular weight is 381 g/mol. The van der Waals surface area contributed by atoms with E-state index in [2.05, 4.69) is 15.3 Å². The number of nitrogens with zero attached hydrogens (tertiary/aromatic N) is 3. The molecule has 2 aromatic heterocycles. The average Bonchev–Trinajstić information content (AvgIpc) is 3.33. The van der Waals surface area contributed by atoms with Gasteiger partial charge in [-0.15, -0.1) is 0 Å². The minimum Gasteiger partial charge on any atom is -0.446 e. The van der Waals surface area contributed by atoms with Crippen LogP contribution in [0.4, 0.5) is 20.7 Å². The normalized spacial score (nSPS) is 16.4. The summed E-state index contributed by atoms with van der Waals surface area (Å²) in [6.45, 7) is 2.96. The number of carbonyl (C=O) groups excluding carboxylic acids is 1. The zero-order valence-electron chi connectivity index (χ0n) is 15.4. The van der Waals surface area contributed by atoms with Crippen LogP contribution in [-0.2, 0) is 0 Å². The fourth-order valence-corrected chi connectivity index (χ4v) is 3.24. The minimum absolute atomic E-state index is 0.0790. The highest BCUT2D eigenvalue weighted by atomic mass is 19.1. The molecule has 0 aliphatic carbocycles. The zero-order valence-corrected chi connectivity index (χ0v) is 15.4. The fraction of sp³-hybridized carbons (Fsp3) is 0.250. The van der Waals surface area contributed by atoms with Crippen molar-refractivity contribution in [3.63, 3.8) is 0 Å². The van der Waals surface area contributed by atoms with Crippen molar-refractivity contribution in [3.05, 3.63) is 60.1 Å². The van der Waals surface area contributed by atoms with E-state index >= 15 is 0 Å². The molecule has 3 heterocycles. The number of oxazole rings is 1. The number of urea groups is 1. The zero-order chi connectivity index (χ0) is 19.7. The Balaban J connectivity index is 1.47. The number of amides is 2. The molecule has 1 unspecified atom stereocenters. The van der Waals surface area contributed by atoms with Gasteiger partial charge in [0.1, 0.15) is 11.6 Å². The maximum atomic E-state index is 13.1. The first kappa shape index (κ1) is 18.0. The molecule has 144 valence electrons. The molecular formula is C20H20FN5O2. The first-order chi connectivity index (χ1) is 13.5. The number of halogens is 1. The molecule has 0 saturated carbocycles. The molecule has 0 spiro atoms. The maximum absolute atomic E-state index is 13.1. The molecule has 28 heavy (non-hydrogen) atoms. The first-order valence-corrected chi connectivity index (χ1v) is 9.00. The second-order valence-corrected chi connectivity index (χ2v) is 6.81. The summed E-state index contributed by atoms with van der Waals surface area (Å²) in [5.41, 5.74) is 7.67. The van der Waals surface area contributed by atoms with Crippen LogP contribution in [-0.4, -0.2) is 34.0 Å². The van der Waals surface area contributed by atoms with Crippen molar-refractivity contribution in [1.82, 2.24) is 14.9 Å². The van der Waals surface area contributed by atoms with Crippen LogP contribution < -0.4 is 11.1 Å². The number of hydrogen-bond donors (Lipinski definition) is 2. The van der Waals surface area contributed by atoms with Crippen LogP contribution in [0, 0.1) is 12.7 Å². The van der Waals surface area contributed by atoms with Gasteiger partial charge < -0.3 is 15.1 Å². The SMILES string of the molecule is Cc1cnc(C2CCN(C(=O)Nc3nc(-c4ccc(F)cc4)ccc3N)C2)o1. The van der Waals surface area contributed by atoms with E-state index in [0.29, 0.717) is 30.4 Å². The van der Waals surface area contributed by atoms with Crippen LogP contribution in [0.5, 0.6) is 0 Å². The van der Waals surface area contributed by atoms with Gasteiger partial charge >= 0.3 is 6.03 Å². The summed E-state index contributed by atoms with van der Waals surface area (Å²) in [5, 5.41) is 2.78. The molecule has 1 aliphatic rings.